The van der Waals surface area contributed by atoms with Gasteiger partial charge < -0.3 is 15.0 Å². The largest absolute Gasteiger partial charge is 0.376 e. The average molecular weight is 479 g/mol. The van der Waals surface area contributed by atoms with Crippen LogP contribution in [0.5, 0.6) is 0 Å². The molecule has 2 aliphatic rings. The SMILES string of the molecule is CN(C)c1cc2[nH]ncc2cc1Nc1ncnc2sc3c(c12)CCC(N1COC(N(C)C)C1)C3. The fourth-order valence-electron chi connectivity index (χ4n) is 5.13. The van der Waals surface area contributed by atoms with Crippen LogP contribution in [-0.2, 0) is 17.6 Å². The third-order valence-corrected chi connectivity index (χ3v) is 8.19. The summed E-state index contributed by atoms with van der Waals surface area (Å²) in [5.74, 6) is 0.879. The molecule has 10 heteroatoms. The number of likely N-dealkylation sites (N-methyl/N-ethyl adjacent to an activating group) is 1. The first-order valence-corrected chi connectivity index (χ1v) is 12.5. The molecule has 4 heterocycles. The Morgan fingerprint density at radius 3 is 2.88 bits per heavy atom. The summed E-state index contributed by atoms with van der Waals surface area (Å²) >= 11 is 1.81. The number of fused-ring (bicyclic) bond motifs is 4. The fraction of sp³-hybridized carbons (Fsp3) is 0.458. The number of hydrogen-bond donors (Lipinski definition) is 2. The maximum absolute atomic E-state index is 5.98. The number of rotatable bonds is 5. The number of nitrogens with one attached hydrogen (secondary N) is 2. The van der Waals surface area contributed by atoms with E-state index in [0.29, 0.717) is 12.8 Å². The third kappa shape index (κ3) is 3.70. The second kappa shape index (κ2) is 8.46. The number of thiophene rings is 1. The quantitative estimate of drug-likeness (QED) is 0.451. The number of aromatic amines is 1. The van der Waals surface area contributed by atoms with Crippen LogP contribution >= 0.6 is 11.3 Å². The van der Waals surface area contributed by atoms with Crippen LogP contribution in [0.2, 0.25) is 0 Å². The molecule has 2 N–H and O–H groups in total. The van der Waals surface area contributed by atoms with Crippen LogP contribution < -0.4 is 10.2 Å². The molecule has 0 radical (unpaired) electrons. The second-order valence-electron chi connectivity index (χ2n) is 9.63. The van der Waals surface area contributed by atoms with E-state index >= 15 is 0 Å². The molecule has 34 heavy (non-hydrogen) atoms. The summed E-state index contributed by atoms with van der Waals surface area (Å²) in [5, 5.41) is 13.1. The summed E-state index contributed by atoms with van der Waals surface area (Å²) in [5.41, 5.74) is 4.51. The number of hydrogen-bond acceptors (Lipinski definition) is 9. The van der Waals surface area contributed by atoms with Crippen molar-refractivity contribution in [2.45, 2.75) is 31.5 Å². The van der Waals surface area contributed by atoms with Gasteiger partial charge in [-0.15, -0.1) is 11.3 Å². The molecule has 0 amide bonds. The summed E-state index contributed by atoms with van der Waals surface area (Å²) in [6.45, 7) is 1.68. The highest BCUT2D eigenvalue weighted by molar-refractivity contribution is 7.19. The van der Waals surface area contributed by atoms with Crippen molar-refractivity contribution in [3.05, 3.63) is 35.1 Å². The highest BCUT2D eigenvalue weighted by Crippen LogP contribution is 2.41. The molecule has 0 spiro atoms. The van der Waals surface area contributed by atoms with Crippen molar-refractivity contribution in [3.63, 3.8) is 0 Å². The zero-order valence-corrected chi connectivity index (χ0v) is 20.8. The molecule has 3 aromatic heterocycles. The van der Waals surface area contributed by atoms with Crippen molar-refractivity contribution >= 4 is 49.6 Å². The first kappa shape index (κ1) is 21.7. The summed E-state index contributed by atoms with van der Waals surface area (Å²) in [4.78, 5) is 18.6. The lowest BCUT2D eigenvalue weighted by Gasteiger charge is -2.30. The molecule has 1 saturated heterocycles. The van der Waals surface area contributed by atoms with Crippen LogP contribution in [0.15, 0.2) is 24.7 Å². The molecule has 1 aromatic carbocycles. The van der Waals surface area contributed by atoms with Crippen LogP contribution in [0.3, 0.4) is 0 Å². The number of nitrogens with zero attached hydrogens (tertiary/aromatic N) is 6. The van der Waals surface area contributed by atoms with Crippen molar-refractivity contribution in [3.8, 4) is 0 Å². The van der Waals surface area contributed by atoms with Crippen molar-refractivity contribution in [2.75, 3.05) is 51.7 Å². The Labute approximate surface area is 202 Å². The predicted octanol–water partition coefficient (Wildman–Crippen LogP) is 3.41. The number of aryl methyl sites for hydroxylation is 1. The number of ether oxygens (including phenoxy) is 1. The van der Waals surface area contributed by atoms with E-state index < -0.39 is 0 Å². The van der Waals surface area contributed by atoms with Crippen LogP contribution in [0.25, 0.3) is 21.1 Å². The lowest BCUT2D eigenvalue weighted by molar-refractivity contribution is 0.00634. The molecule has 1 aliphatic heterocycles. The van der Waals surface area contributed by atoms with Gasteiger partial charge in [0.15, 0.2) is 0 Å². The van der Waals surface area contributed by atoms with E-state index in [0.717, 1.165) is 58.7 Å². The highest BCUT2D eigenvalue weighted by Gasteiger charge is 2.34. The molecule has 9 nitrogen and oxygen atoms in total. The number of aromatic nitrogens is 4. The molecule has 1 aliphatic carbocycles. The molecule has 2 atom stereocenters. The van der Waals surface area contributed by atoms with Gasteiger partial charge in [-0.3, -0.25) is 14.9 Å². The van der Waals surface area contributed by atoms with Crippen molar-refractivity contribution in [2.24, 2.45) is 0 Å². The van der Waals surface area contributed by atoms with Gasteiger partial charge in [-0.25, -0.2) is 9.97 Å². The minimum Gasteiger partial charge on any atom is -0.376 e. The maximum Gasteiger partial charge on any atom is 0.142 e. The highest BCUT2D eigenvalue weighted by atomic mass is 32.1. The molecule has 6 rings (SSSR count). The predicted molar refractivity (Wildman–Crippen MR) is 137 cm³/mol. The molecular weight excluding hydrogens is 448 g/mol. The Bertz CT molecular complexity index is 1350. The van der Waals surface area contributed by atoms with Gasteiger partial charge in [0.05, 0.1) is 28.5 Å². The smallest absolute Gasteiger partial charge is 0.142 e. The van der Waals surface area contributed by atoms with Crippen LogP contribution in [0, 0.1) is 0 Å². The Hall–Kier alpha value is -2.79. The summed E-state index contributed by atoms with van der Waals surface area (Å²) < 4.78 is 5.98. The first-order chi connectivity index (χ1) is 16.5. The fourth-order valence-corrected chi connectivity index (χ4v) is 6.39. The van der Waals surface area contributed by atoms with Crippen molar-refractivity contribution < 1.29 is 4.74 Å². The Morgan fingerprint density at radius 2 is 2.09 bits per heavy atom. The molecule has 1 fully saturated rings. The van der Waals surface area contributed by atoms with E-state index in [2.05, 4.69) is 66.4 Å². The summed E-state index contributed by atoms with van der Waals surface area (Å²) in [7, 11) is 8.26. The zero-order chi connectivity index (χ0) is 23.4. The lowest BCUT2D eigenvalue weighted by Crippen LogP contribution is -2.39. The molecule has 178 valence electrons. The van der Waals surface area contributed by atoms with Gasteiger partial charge in [0, 0.05) is 36.9 Å². The topological polar surface area (TPSA) is 85.4 Å². The standard InChI is InChI=1S/C24H30N8OS/c1-30(2)19-9-17-14(10-27-29-17)7-18(19)28-23-22-16-6-5-15(32-11-21(31(3)4)33-13-32)8-20(16)34-24(22)26-12-25-23/h7,9-10,12,15,21H,5-6,8,11,13H2,1-4H3,(H,27,29)(H,25,26,28). The Morgan fingerprint density at radius 1 is 1.21 bits per heavy atom. The number of benzene rings is 1. The average Bonchev–Trinajstić information content (AvgIpc) is 3.55. The van der Waals surface area contributed by atoms with Gasteiger partial charge in [-0.05, 0) is 51.1 Å². The minimum atomic E-state index is 0.184. The second-order valence-corrected chi connectivity index (χ2v) is 10.7. The van der Waals surface area contributed by atoms with E-state index in [1.807, 2.05) is 31.6 Å². The van der Waals surface area contributed by atoms with Gasteiger partial charge in [-0.2, -0.15) is 5.10 Å². The van der Waals surface area contributed by atoms with Crippen molar-refractivity contribution in [1.82, 2.24) is 30.0 Å². The Kier molecular flexibility index (Phi) is 5.40. The van der Waals surface area contributed by atoms with E-state index in [1.165, 1.54) is 15.8 Å². The van der Waals surface area contributed by atoms with Crippen molar-refractivity contribution in [1.29, 1.82) is 0 Å². The lowest BCUT2D eigenvalue weighted by atomic mass is 9.92. The molecule has 0 bridgehead atoms. The van der Waals surface area contributed by atoms with Gasteiger partial charge in [0.2, 0.25) is 0 Å². The molecule has 0 saturated carbocycles. The minimum absolute atomic E-state index is 0.184. The molecule has 2 unspecified atom stereocenters. The van der Waals surface area contributed by atoms with Gasteiger partial charge in [-0.1, -0.05) is 0 Å². The van der Waals surface area contributed by atoms with Gasteiger partial charge in [0.1, 0.15) is 29.9 Å². The first-order valence-electron chi connectivity index (χ1n) is 11.7. The Balaban J connectivity index is 1.32. The van der Waals surface area contributed by atoms with Crippen LogP contribution in [0.4, 0.5) is 17.2 Å². The van der Waals surface area contributed by atoms with Crippen LogP contribution in [-0.4, -0.2) is 83.7 Å². The van der Waals surface area contributed by atoms with E-state index in [1.54, 1.807) is 6.33 Å². The zero-order valence-electron chi connectivity index (χ0n) is 20.0. The van der Waals surface area contributed by atoms with Gasteiger partial charge in [0.25, 0.3) is 0 Å². The van der Waals surface area contributed by atoms with E-state index in [9.17, 15) is 0 Å². The number of anilines is 3. The monoisotopic (exact) mass is 478 g/mol. The van der Waals surface area contributed by atoms with Crippen LogP contribution in [0.1, 0.15) is 16.9 Å². The van der Waals surface area contributed by atoms with Gasteiger partial charge >= 0.3 is 0 Å². The van der Waals surface area contributed by atoms with E-state index in [-0.39, 0.29) is 6.23 Å². The summed E-state index contributed by atoms with van der Waals surface area (Å²) in [6.07, 6.45) is 6.91. The third-order valence-electron chi connectivity index (χ3n) is 7.03. The normalized spacial score (nSPS) is 21.0. The maximum atomic E-state index is 5.98. The molecular formula is C24H30N8OS. The summed E-state index contributed by atoms with van der Waals surface area (Å²) in [6, 6.07) is 4.76. The molecule has 4 aromatic rings. The number of H-pyrrole nitrogens is 1. The van der Waals surface area contributed by atoms with E-state index in [4.69, 9.17) is 4.74 Å².